The SMILES string of the molecule is C[C@@H]1CN(C)c2ccccc2N(C(=O)c2c[nH]n3ccnc23)C1. The minimum atomic E-state index is -0.0166. The second kappa shape index (κ2) is 5.15. The van der Waals surface area contributed by atoms with Crippen LogP contribution in [0.1, 0.15) is 17.3 Å². The summed E-state index contributed by atoms with van der Waals surface area (Å²) in [5, 5.41) is 3.04. The summed E-state index contributed by atoms with van der Waals surface area (Å²) in [5.41, 5.74) is 3.30. The molecule has 2 aromatic heterocycles. The second-order valence-corrected chi connectivity index (χ2v) is 6.20. The van der Waals surface area contributed by atoms with Crippen molar-refractivity contribution in [3.8, 4) is 0 Å². The molecule has 23 heavy (non-hydrogen) atoms. The summed E-state index contributed by atoms with van der Waals surface area (Å²) in [6, 6.07) is 8.06. The normalized spacial score (nSPS) is 18.1. The zero-order valence-electron chi connectivity index (χ0n) is 13.2. The van der Waals surface area contributed by atoms with E-state index in [-0.39, 0.29) is 5.91 Å². The molecule has 6 heteroatoms. The minimum Gasteiger partial charge on any atom is -0.373 e. The molecule has 6 nitrogen and oxygen atoms in total. The van der Waals surface area contributed by atoms with Crippen LogP contribution in [0.3, 0.4) is 0 Å². The van der Waals surface area contributed by atoms with Gasteiger partial charge < -0.3 is 9.80 Å². The average Bonchev–Trinajstić information content (AvgIpc) is 3.12. The molecule has 4 rings (SSSR count). The van der Waals surface area contributed by atoms with E-state index < -0.39 is 0 Å². The Balaban J connectivity index is 1.81. The van der Waals surface area contributed by atoms with Crippen LogP contribution in [0, 0.1) is 5.92 Å². The first kappa shape index (κ1) is 13.9. The maximum absolute atomic E-state index is 13.2. The zero-order valence-corrected chi connectivity index (χ0v) is 13.2. The number of aromatic nitrogens is 3. The number of fused-ring (bicyclic) bond motifs is 2. The third kappa shape index (κ3) is 2.18. The fraction of sp³-hybridized carbons (Fsp3) is 0.294. The van der Waals surface area contributed by atoms with Gasteiger partial charge in [-0.15, -0.1) is 0 Å². The number of para-hydroxylation sites is 2. The largest absolute Gasteiger partial charge is 0.373 e. The lowest BCUT2D eigenvalue weighted by Gasteiger charge is -2.24. The average molecular weight is 309 g/mol. The Labute approximate surface area is 134 Å². The van der Waals surface area contributed by atoms with Gasteiger partial charge in [0.1, 0.15) is 5.56 Å². The summed E-state index contributed by atoms with van der Waals surface area (Å²) in [5.74, 6) is 0.364. The molecule has 1 atom stereocenters. The van der Waals surface area contributed by atoms with Crippen molar-refractivity contribution in [2.75, 3.05) is 29.9 Å². The third-order valence-electron chi connectivity index (χ3n) is 4.37. The minimum absolute atomic E-state index is 0.0166. The highest BCUT2D eigenvalue weighted by Crippen LogP contribution is 2.33. The molecule has 0 aliphatic carbocycles. The highest BCUT2D eigenvalue weighted by Gasteiger charge is 2.28. The first-order valence-electron chi connectivity index (χ1n) is 7.77. The van der Waals surface area contributed by atoms with Gasteiger partial charge in [-0.3, -0.25) is 9.89 Å². The van der Waals surface area contributed by atoms with Gasteiger partial charge >= 0.3 is 0 Å². The smallest absolute Gasteiger partial charge is 0.263 e. The Morgan fingerprint density at radius 1 is 1.26 bits per heavy atom. The van der Waals surface area contributed by atoms with Gasteiger partial charge in [-0.2, -0.15) is 0 Å². The van der Waals surface area contributed by atoms with Crippen molar-refractivity contribution in [2.24, 2.45) is 5.92 Å². The molecule has 0 unspecified atom stereocenters. The van der Waals surface area contributed by atoms with Gasteiger partial charge in [0.05, 0.1) is 11.4 Å². The molecular weight excluding hydrogens is 290 g/mol. The Morgan fingerprint density at radius 2 is 2.04 bits per heavy atom. The molecule has 1 aliphatic heterocycles. The molecule has 0 spiro atoms. The maximum Gasteiger partial charge on any atom is 0.263 e. The molecular formula is C17H19N5O. The first-order chi connectivity index (χ1) is 11.1. The highest BCUT2D eigenvalue weighted by atomic mass is 16.2. The van der Waals surface area contributed by atoms with Crippen molar-refractivity contribution in [1.29, 1.82) is 0 Å². The molecule has 1 aromatic carbocycles. The number of amides is 1. The van der Waals surface area contributed by atoms with Gasteiger partial charge in [0.15, 0.2) is 5.65 Å². The van der Waals surface area contributed by atoms with Crippen LogP contribution in [-0.4, -0.2) is 40.6 Å². The maximum atomic E-state index is 13.2. The van der Waals surface area contributed by atoms with Crippen LogP contribution < -0.4 is 9.80 Å². The van der Waals surface area contributed by atoms with E-state index in [9.17, 15) is 4.79 Å². The Kier molecular flexibility index (Phi) is 3.11. The van der Waals surface area contributed by atoms with E-state index >= 15 is 0 Å². The van der Waals surface area contributed by atoms with Crippen molar-refractivity contribution in [3.63, 3.8) is 0 Å². The van der Waals surface area contributed by atoms with E-state index in [2.05, 4.69) is 35.0 Å². The van der Waals surface area contributed by atoms with Crippen LogP contribution in [0.5, 0.6) is 0 Å². The number of anilines is 2. The molecule has 1 N–H and O–H groups in total. The molecule has 0 bridgehead atoms. The van der Waals surface area contributed by atoms with Crippen LogP contribution >= 0.6 is 0 Å². The van der Waals surface area contributed by atoms with Crippen molar-refractivity contribution in [3.05, 3.63) is 48.4 Å². The zero-order chi connectivity index (χ0) is 16.0. The fourth-order valence-electron chi connectivity index (χ4n) is 3.35. The van der Waals surface area contributed by atoms with Crippen molar-refractivity contribution in [2.45, 2.75) is 6.92 Å². The van der Waals surface area contributed by atoms with E-state index in [1.54, 1.807) is 23.1 Å². The van der Waals surface area contributed by atoms with Crippen LogP contribution in [0.2, 0.25) is 0 Å². The van der Waals surface area contributed by atoms with Crippen LogP contribution in [0.15, 0.2) is 42.9 Å². The standard InChI is InChI=1S/C17H19N5O/c1-12-10-20(2)14-5-3-4-6-15(14)21(11-12)17(23)13-9-19-22-8-7-18-16(13)22/h3-9,12,19H,10-11H2,1-2H3/t12-/m1/s1. The molecule has 1 aliphatic rings. The second-order valence-electron chi connectivity index (χ2n) is 6.20. The number of imidazole rings is 1. The molecule has 0 saturated heterocycles. The van der Waals surface area contributed by atoms with Gasteiger partial charge in [-0.05, 0) is 18.1 Å². The molecule has 0 saturated carbocycles. The van der Waals surface area contributed by atoms with Crippen LogP contribution in [0.4, 0.5) is 11.4 Å². The van der Waals surface area contributed by atoms with Gasteiger partial charge in [0.2, 0.25) is 0 Å². The quantitative estimate of drug-likeness (QED) is 0.751. The third-order valence-corrected chi connectivity index (χ3v) is 4.37. The lowest BCUT2D eigenvalue weighted by Crippen LogP contribution is -2.34. The predicted octanol–water partition coefficient (Wildman–Crippen LogP) is 2.40. The number of nitrogens with zero attached hydrogens (tertiary/aromatic N) is 4. The van der Waals surface area contributed by atoms with Gasteiger partial charge in [0, 0.05) is 38.7 Å². The summed E-state index contributed by atoms with van der Waals surface area (Å²) in [7, 11) is 2.08. The fourth-order valence-corrected chi connectivity index (χ4v) is 3.35. The van der Waals surface area contributed by atoms with E-state index in [0.717, 1.165) is 17.9 Å². The number of carbonyl (C=O) groups excluding carboxylic acids is 1. The van der Waals surface area contributed by atoms with Gasteiger partial charge in [-0.25, -0.2) is 9.50 Å². The topological polar surface area (TPSA) is 56.6 Å². The molecule has 1 amide bonds. The number of aromatic amines is 1. The number of benzene rings is 1. The van der Waals surface area contributed by atoms with Crippen molar-refractivity contribution < 1.29 is 4.79 Å². The van der Waals surface area contributed by atoms with Crippen LogP contribution in [-0.2, 0) is 0 Å². The summed E-state index contributed by atoms with van der Waals surface area (Å²) in [6.45, 7) is 3.79. The Hall–Kier alpha value is -2.76. The van der Waals surface area contributed by atoms with E-state index in [4.69, 9.17) is 0 Å². The van der Waals surface area contributed by atoms with Gasteiger partial charge in [-0.1, -0.05) is 19.1 Å². The van der Waals surface area contributed by atoms with E-state index in [1.165, 1.54) is 0 Å². The Bertz CT molecular complexity index is 865. The van der Waals surface area contributed by atoms with Crippen LogP contribution in [0.25, 0.3) is 5.65 Å². The number of H-pyrrole nitrogens is 1. The summed E-state index contributed by atoms with van der Waals surface area (Å²) in [6.07, 6.45) is 5.22. The molecule has 118 valence electrons. The lowest BCUT2D eigenvalue weighted by atomic mass is 10.1. The number of hydrogen-bond acceptors (Lipinski definition) is 3. The lowest BCUT2D eigenvalue weighted by molar-refractivity contribution is 0.0985. The number of carbonyl (C=O) groups is 1. The number of rotatable bonds is 1. The molecule has 3 aromatic rings. The van der Waals surface area contributed by atoms with E-state index in [0.29, 0.717) is 23.7 Å². The predicted molar refractivity (Wildman–Crippen MR) is 90.1 cm³/mol. The van der Waals surface area contributed by atoms with Gasteiger partial charge in [0.25, 0.3) is 5.91 Å². The molecule has 3 heterocycles. The first-order valence-corrected chi connectivity index (χ1v) is 7.77. The molecule has 0 fully saturated rings. The summed E-state index contributed by atoms with van der Waals surface area (Å²) < 4.78 is 1.76. The summed E-state index contributed by atoms with van der Waals surface area (Å²) in [4.78, 5) is 21.6. The Morgan fingerprint density at radius 3 is 2.87 bits per heavy atom. The summed E-state index contributed by atoms with van der Waals surface area (Å²) >= 11 is 0. The number of nitrogens with one attached hydrogen (secondary N) is 1. The molecule has 0 radical (unpaired) electrons. The van der Waals surface area contributed by atoms with E-state index in [1.807, 2.05) is 23.1 Å². The van der Waals surface area contributed by atoms with Crippen molar-refractivity contribution in [1.82, 2.24) is 14.6 Å². The highest BCUT2D eigenvalue weighted by molar-refractivity contribution is 6.11. The van der Waals surface area contributed by atoms with Crippen molar-refractivity contribution >= 4 is 22.9 Å². The monoisotopic (exact) mass is 309 g/mol. The number of hydrogen-bond donors (Lipinski definition) is 1.